The number of carbonyl (C=O) groups excluding carboxylic acids is 1. The highest BCUT2D eigenvalue weighted by atomic mass is 35.5. The Labute approximate surface area is 129 Å². The number of halogens is 1. The van der Waals surface area contributed by atoms with Crippen molar-refractivity contribution in [3.8, 4) is 0 Å². The molecule has 1 aromatic carbocycles. The zero-order chi connectivity index (χ0) is 15.2. The van der Waals surface area contributed by atoms with Gasteiger partial charge in [0.05, 0.1) is 5.52 Å². The van der Waals surface area contributed by atoms with Crippen molar-refractivity contribution in [2.75, 3.05) is 11.9 Å². The van der Waals surface area contributed by atoms with Crippen LogP contribution in [0, 0.1) is 0 Å². The standard InChI is InChI=1S/C16H18ClN3O/c1-3-18-16(21)7-4-11(2)20-14-8-9-19-15-10-12(17)5-6-13(14)15/h4-11H,3H2,1-2H3,(H,18,21)(H,19,20)/b7-4+/t11-/m0/s1. The summed E-state index contributed by atoms with van der Waals surface area (Å²) >= 11 is 5.97. The highest BCUT2D eigenvalue weighted by molar-refractivity contribution is 6.31. The average molecular weight is 304 g/mol. The lowest BCUT2D eigenvalue weighted by molar-refractivity contribution is -0.116. The van der Waals surface area contributed by atoms with E-state index in [4.69, 9.17) is 11.6 Å². The minimum atomic E-state index is -0.0856. The van der Waals surface area contributed by atoms with Gasteiger partial charge in [0.25, 0.3) is 0 Å². The van der Waals surface area contributed by atoms with Gasteiger partial charge >= 0.3 is 0 Å². The number of fused-ring (bicyclic) bond motifs is 1. The largest absolute Gasteiger partial charge is 0.379 e. The Morgan fingerprint density at radius 3 is 3.00 bits per heavy atom. The second-order valence-electron chi connectivity index (χ2n) is 4.71. The highest BCUT2D eigenvalue weighted by Crippen LogP contribution is 2.24. The molecule has 2 aromatic rings. The van der Waals surface area contributed by atoms with Gasteiger partial charge in [0.1, 0.15) is 0 Å². The summed E-state index contributed by atoms with van der Waals surface area (Å²) in [5, 5.41) is 7.74. The number of anilines is 1. The quantitative estimate of drug-likeness (QED) is 0.833. The third-order valence-electron chi connectivity index (χ3n) is 2.98. The molecule has 2 rings (SSSR count). The molecule has 4 nitrogen and oxygen atoms in total. The summed E-state index contributed by atoms with van der Waals surface area (Å²) in [6.45, 7) is 4.50. The molecule has 0 aliphatic heterocycles. The van der Waals surface area contributed by atoms with Gasteiger partial charge in [-0.25, -0.2) is 0 Å². The Kier molecular flexibility index (Phi) is 5.17. The second kappa shape index (κ2) is 7.09. The van der Waals surface area contributed by atoms with Gasteiger partial charge in [-0.3, -0.25) is 9.78 Å². The lowest BCUT2D eigenvalue weighted by Gasteiger charge is -2.13. The fourth-order valence-corrected chi connectivity index (χ4v) is 2.17. The molecule has 0 bridgehead atoms. The van der Waals surface area contributed by atoms with Crippen LogP contribution in [0.1, 0.15) is 13.8 Å². The molecule has 0 radical (unpaired) electrons. The molecule has 1 atom stereocenters. The van der Waals surface area contributed by atoms with Crippen LogP contribution in [0.15, 0.2) is 42.6 Å². The molecule has 0 saturated heterocycles. The van der Waals surface area contributed by atoms with Crippen LogP contribution in [0.4, 0.5) is 5.69 Å². The number of aromatic nitrogens is 1. The summed E-state index contributed by atoms with van der Waals surface area (Å²) in [5.41, 5.74) is 1.80. The number of amides is 1. The Bertz CT molecular complexity index is 670. The van der Waals surface area contributed by atoms with Crippen molar-refractivity contribution in [1.82, 2.24) is 10.3 Å². The van der Waals surface area contributed by atoms with Crippen LogP contribution in [0.25, 0.3) is 10.9 Å². The first kappa shape index (κ1) is 15.3. The van der Waals surface area contributed by atoms with Crippen molar-refractivity contribution < 1.29 is 4.79 Å². The van der Waals surface area contributed by atoms with Crippen LogP contribution < -0.4 is 10.6 Å². The van der Waals surface area contributed by atoms with Gasteiger partial charge in [-0.05, 0) is 38.1 Å². The molecule has 0 saturated carbocycles. The van der Waals surface area contributed by atoms with E-state index >= 15 is 0 Å². The smallest absolute Gasteiger partial charge is 0.243 e. The molecule has 1 heterocycles. The molecule has 110 valence electrons. The normalized spacial score (nSPS) is 12.5. The highest BCUT2D eigenvalue weighted by Gasteiger charge is 2.05. The fraction of sp³-hybridized carbons (Fsp3) is 0.250. The van der Waals surface area contributed by atoms with E-state index in [2.05, 4.69) is 15.6 Å². The van der Waals surface area contributed by atoms with E-state index in [0.29, 0.717) is 11.6 Å². The maximum atomic E-state index is 11.4. The van der Waals surface area contributed by atoms with Crippen LogP contribution in [-0.4, -0.2) is 23.5 Å². The number of rotatable bonds is 5. The molecule has 0 spiro atoms. The van der Waals surface area contributed by atoms with E-state index in [9.17, 15) is 4.79 Å². The number of hydrogen-bond acceptors (Lipinski definition) is 3. The third-order valence-corrected chi connectivity index (χ3v) is 3.21. The maximum absolute atomic E-state index is 11.4. The molecule has 0 aliphatic carbocycles. The molecular formula is C16H18ClN3O. The lowest BCUT2D eigenvalue weighted by Crippen LogP contribution is -2.21. The molecule has 21 heavy (non-hydrogen) atoms. The van der Waals surface area contributed by atoms with E-state index in [1.165, 1.54) is 0 Å². The SMILES string of the molecule is CCNC(=O)/C=C/[C@H](C)Nc1ccnc2cc(Cl)ccc12. The first-order chi connectivity index (χ1) is 10.1. The number of benzene rings is 1. The number of pyridine rings is 1. The first-order valence-electron chi connectivity index (χ1n) is 6.87. The predicted molar refractivity (Wildman–Crippen MR) is 87.7 cm³/mol. The van der Waals surface area contributed by atoms with Gasteiger partial charge in [0.15, 0.2) is 0 Å². The van der Waals surface area contributed by atoms with Crippen molar-refractivity contribution in [1.29, 1.82) is 0 Å². The average Bonchev–Trinajstić information content (AvgIpc) is 2.45. The van der Waals surface area contributed by atoms with Gasteiger partial charge in [-0.1, -0.05) is 17.7 Å². The minimum absolute atomic E-state index is 0.0221. The Morgan fingerprint density at radius 2 is 2.24 bits per heavy atom. The molecule has 0 unspecified atom stereocenters. The molecule has 1 amide bonds. The first-order valence-corrected chi connectivity index (χ1v) is 7.24. The van der Waals surface area contributed by atoms with Crippen molar-refractivity contribution in [2.45, 2.75) is 19.9 Å². The number of nitrogens with zero attached hydrogens (tertiary/aromatic N) is 1. The monoisotopic (exact) mass is 303 g/mol. The van der Waals surface area contributed by atoms with Gasteiger partial charge in [0, 0.05) is 41.0 Å². The third kappa shape index (κ3) is 4.20. The molecule has 5 heteroatoms. The second-order valence-corrected chi connectivity index (χ2v) is 5.14. The maximum Gasteiger partial charge on any atom is 0.243 e. The summed E-state index contributed by atoms with van der Waals surface area (Å²) in [6, 6.07) is 7.54. The Morgan fingerprint density at radius 1 is 1.43 bits per heavy atom. The van der Waals surface area contributed by atoms with E-state index in [1.54, 1.807) is 12.3 Å². The summed E-state index contributed by atoms with van der Waals surface area (Å²) in [4.78, 5) is 15.7. The number of carbonyl (C=O) groups is 1. The number of likely N-dealkylation sites (N-methyl/N-ethyl adjacent to an activating group) is 1. The summed E-state index contributed by atoms with van der Waals surface area (Å²) < 4.78 is 0. The van der Waals surface area contributed by atoms with Crippen LogP contribution in [-0.2, 0) is 4.79 Å². The van der Waals surface area contributed by atoms with Crippen LogP contribution in [0.5, 0.6) is 0 Å². The van der Waals surface area contributed by atoms with Gasteiger partial charge < -0.3 is 10.6 Å². The van der Waals surface area contributed by atoms with Gasteiger partial charge in [-0.2, -0.15) is 0 Å². The summed E-state index contributed by atoms with van der Waals surface area (Å²) in [5.74, 6) is -0.0856. The van der Waals surface area contributed by atoms with Crippen molar-refractivity contribution in [2.24, 2.45) is 0 Å². The van der Waals surface area contributed by atoms with Crippen molar-refractivity contribution in [3.63, 3.8) is 0 Å². The van der Waals surface area contributed by atoms with E-state index in [1.807, 2.05) is 44.2 Å². The Hall–Kier alpha value is -2.07. The Balaban J connectivity index is 2.14. The lowest BCUT2D eigenvalue weighted by atomic mass is 10.1. The minimum Gasteiger partial charge on any atom is -0.379 e. The van der Waals surface area contributed by atoms with E-state index in [0.717, 1.165) is 16.6 Å². The molecule has 2 N–H and O–H groups in total. The fourth-order valence-electron chi connectivity index (χ4n) is 2.01. The molecule has 0 fully saturated rings. The van der Waals surface area contributed by atoms with Crippen LogP contribution in [0.3, 0.4) is 0 Å². The number of nitrogens with one attached hydrogen (secondary N) is 2. The van der Waals surface area contributed by atoms with Crippen molar-refractivity contribution >= 4 is 34.1 Å². The summed E-state index contributed by atoms with van der Waals surface area (Å²) in [6.07, 6.45) is 5.11. The zero-order valence-corrected chi connectivity index (χ0v) is 12.8. The van der Waals surface area contributed by atoms with E-state index in [-0.39, 0.29) is 11.9 Å². The zero-order valence-electron chi connectivity index (χ0n) is 12.1. The van der Waals surface area contributed by atoms with E-state index < -0.39 is 0 Å². The van der Waals surface area contributed by atoms with Crippen molar-refractivity contribution in [3.05, 3.63) is 47.6 Å². The number of hydrogen-bond donors (Lipinski definition) is 2. The molecule has 0 aliphatic rings. The molecule has 1 aromatic heterocycles. The molecular weight excluding hydrogens is 286 g/mol. The predicted octanol–water partition coefficient (Wildman–Crippen LogP) is 3.38. The van der Waals surface area contributed by atoms with Crippen LogP contribution in [0.2, 0.25) is 5.02 Å². The van der Waals surface area contributed by atoms with Gasteiger partial charge in [-0.15, -0.1) is 0 Å². The summed E-state index contributed by atoms with van der Waals surface area (Å²) in [7, 11) is 0. The van der Waals surface area contributed by atoms with Gasteiger partial charge in [0.2, 0.25) is 5.91 Å². The van der Waals surface area contributed by atoms with Crippen LogP contribution >= 0.6 is 11.6 Å². The topological polar surface area (TPSA) is 54.0 Å².